The summed E-state index contributed by atoms with van der Waals surface area (Å²) in [6.45, 7) is 10.2. The summed E-state index contributed by atoms with van der Waals surface area (Å²) in [7, 11) is 0. The second kappa shape index (κ2) is 11.8. The van der Waals surface area contributed by atoms with Crippen LogP contribution in [-0.2, 0) is 0 Å². The molecule has 1 aliphatic rings. The fraction of sp³-hybridized carbons (Fsp3) is 0.938. The molecule has 0 aromatic rings. The maximum absolute atomic E-state index is 9.49. The highest BCUT2D eigenvalue weighted by atomic mass is 16.3. The molecule has 0 amide bonds. The minimum absolute atomic E-state index is 0.0769. The molecule has 0 atom stereocenters. The van der Waals surface area contributed by atoms with Gasteiger partial charge in [-0.2, -0.15) is 0 Å². The zero-order chi connectivity index (χ0) is 15.3. The zero-order valence-electron chi connectivity index (χ0n) is 13.9. The second-order valence-corrected chi connectivity index (χ2v) is 5.82. The largest absolute Gasteiger partial charge is 0.393 e. The van der Waals surface area contributed by atoms with Crippen LogP contribution < -0.4 is 10.6 Å². The highest BCUT2D eigenvalue weighted by molar-refractivity contribution is 5.79. The van der Waals surface area contributed by atoms with Crippen LogP contribution in [0.15, 0.2) is 4.99 Å². The van der Waals surface area contributed by atoms with Crippen molar-refractivity contribution in [1.29, 1.82) is 0 Å². The zero-order valence-corrected chi connectivity index (χ0v) is 13.9. The predicted molar refractivity (Wildman–Crippen MR) is 89.8 cm³/mol. The summed E-state index contributed by atoms with van der Waals surface area (Å²) in [6, 6.07) is 0. The molecule has 3 N–H and O–H groups in total. The Morgan fingerprint density at radius 1 is 1.14 bits per heavy atom. The molecule has 0 bridgehead atoms. The lowest BCUT2D eigenvalue weighted by Gasteiger charge is -2.29. The fourth-order valence-corrected chi connectivity index (χ4v) is 2.55. The lowest BCUT2D eigenvalue weighted by molar-refractivity contribution is 0.0824. The van der Waals surface area contributed by atoms with E-state index in [4.69, 9.17) is 0 Å². The topological polar surface area (TPSA) is 59.9 Å². The summed E-state index contributed by atoms with van der Waals surface area (Å²) in [5.41, 5.74) is 0. The summed E-state index contributed by atoms with van der Waals surface area (Å²) in [5, 5.41) is 16.2. The molecule has 1 saturated heterocycles. The van der Waals surface area contributed by atoms with Gasteiger partial charge in [0.15, 0.2) is 5.96 Å². The molecule has 5 heteroatoms. The lowest BCUT2D eigenvalue weighted by atomic mass is 10.1. The van der Waals surface area contributed by atoms with Gasteiger partial charge in [0.2, 0.25) is 0 Å². The van der Waals surface area contributed by atoms with E-state index in [-0.39, 0.29) is 6.10 Å². The van der Waals surface area contributed by atoms with E-state index in [2.05, 4.69) is 34.4 Å². The summed E-state index contributed by atoms with van der Waals surface area (Å²) in [4.78, 5) is 7.06. The number of likely N-dealkylation sites (tertiary alicyclic amines) is 1. The molecule has 0 unspecified atom stereocenters. The Morgan fingerprint density at radius 3 is 2.57 bits per heavy atom. The predicted octanol–water partition coefficient (Wildman–Crippen LogP) is 1.58. The maximum atomic E-state index is 9.49. The molecule has 1 heterocycles. The van der Waals surface area contributed by atoms with E-state index in [1.165, 1.54) is 19.3 Å². The van der Waals surface area contributed by atoms with Gasteiger partial charge in [0.05, 0.1) is 6.10 Å². The average Bonchev–Trinajstić information content (AvgIpc) is 2.49. The van der Waals surface area contributed by atoms with Crippen molar-refractivity contribution in [2.24, 2.45) is 4.99 Å². The monoisotopic (exact) mass is 298 g/mol. The number of aliphatic imine (C=N–C) groups is 1. The van der Waals surface area contributed by atoms with E-state index in [1.54, 1.807) is 0 Å². The quantitative estimate of drug-likeness (QED) is 0.344. The van der Waals surface area contributed by atoms with Crippen molar-refractivity contribution < 1.29 is 5.11 Å². The number of aliphatic hydroxyl groups is 1. The number of rotatable bonds is 9. The molecular formula is C16H34N4O. The molecule has 0 aromatic carbocycles. The molecule has 0 radical (unpaired) electrons. The second-order valence-electron chi connectivity index (χ2n) is 5.82. The first-order chi connectivity index (χ1) is 10.3. The van der Waals surface area contributed by atoms with Crippen LogP contribution in [0.5, 0.6) is 0 Å². The molecule has 21 heavy (non-hydrogen) atoms. The summed E-state index contributed by atoms with van der Waals surface area (Å²) >= 11 is 0. The van der Waals surface area contributed by atoms with E-state index >= 15 is 0 Å². The van der Waals surface area contributed by atoms with Gasteiger partial charge in [-0.3, -0.25) is 4.99 Å². The molecule has 0 saturated carbocycles. The van der Waals surface area contributed by atoms with Crippen LogP contribution in [0.4, 0.5) is 0 Å². The molecule has 1 fully saturated rings. The van der Waals surface area contributed by atoms with E-state index in [0.717, 1.165) is 64.5 Å². The Kier molecular flexibility index (Phi) is 10.3. The SMILES string of the molecule is CCCCCNC(=NCCCN1CCC(O)CC1)NCC. The first-order valence-corrected chi connectivity index (χ1v) is 8.68. The first-order valence-electron chi connectivity index (χ1n) is 8.68. The van der Waals surface area contributed by atoms with E-state index < -0.39 is 0 Å². The van der Waals surface area contributed by atoms with Crippen molar-refractivity contribution in [3.05, 3.63) is 0 Å². The van der Waals surface area contributed by atoms with Crippen LogP contribution in [0.2, 0.25) is 0 Å². The van der Waals surface area contributed by atoms with Crippen molar-refractivity contribution >= 4 is 5.96 Å². The van der Waals surface area contributed by atoms with Crippen LogP contribution >= 0.6 is 0 Å². The Balaban J connectivity index is 2.14. The van der Waals surface area contributed by atoms with Crippen molar-refractivity contribution in [1.82, 2.24) is 15.5 Å². The highest BCUT2D eigenvalue weighted by Crippen LogP contribution is 2.09. The van der Waals surface area contributed by atoms with Crippen LogP contribution in [0, 0.1) is 0 Å². The average molecular weight is 298 g/mol. The third kappa shape index (κ3) is 8.94. The van der Waals surface area contributed by atoms with Crippen molar-refractivity contribution in [2.75, 3.05) is 39.3 Å². The van der Waals surface area contributed by atoms with Gasteiger partial charge in [-0.25, -0.2) is 0 Å². The summed E-state index contributed by atoms with van der Waals surface area (Å²) in [5.74, 6) is 0.947. The smallest absolute Gasteiger partial charge is 0.191 e. The summed E-state index contributed by atoms with van der Waals surface area (Å²) < 4.78 is 0. The Hall–Kier alpha value is -0.810. The molecule has 0 spiro atoms. The highest BCUT2D eigenvalue weighted by Gasteiger charge is 2.15. The molecule has 124 valence electrons. The van der Waals surface area contributed by atoms with Gasteiger partial charge < -0.3 is 20.6 Å². The van der Waals surface area contributed by atoms with Gasteiger partial charge in [-0.15, -0.1) is 0 Å². The molecule has 1 aliphatic heterocycles. The van der Waals surface area contributed by atoms with Gasteiger partial charge >= 0.3 is 0 Å². The third-order valence-electron chi connectivity index (χ3n) is 3.88. The third-order valence-corrected chi connectivity index (χ3v) is 3.88. The molecule has 0 aromatic heterocycles. The number of aliphatic hydroxyl groups excluding tert-OH is 1. The van der Waals surface area contributed by atoms with Gasteiger partial charge in [-0.1, -0.05) is 19.8 Å². The molecule has 0 aliphatic carbocycles. The molecule has 5 nitrogen and oxygen atoms in total. The van der Waals surface area contributed by atoms with Crippen LogP contribution in [0.1, 0.15) is 52.4 Å². The number of hydrogen-bond donors (Lipinski definition) is 3. The maximum Gasteiger partial charge on any atom is 0.191 e. The number of guanidine groups is 1. The minimum atomic E-state index is -0.0769. The Labute approximate surface area is 130 Å². The van der Waals surface area contributed by atoms with Crippen LogP contribution in [0.3, 0.4) is 0 Å². The fourth-order valence-electron chi connectivity index (χ4n) is 2.55. The number of unbranched alkanes of at least 4 members (excludes halogenated alkanes) is 2. The van der Waals surface area contributed by atoms with E-state index in [9.17, 15) is 5.11 Å². The number of nitrogens with zero attached hydrogens (tertiary/aromatic N) is 2. The van der Waals surface area contributed by atoms with E-state index in [0.29, 0.717) is 0 Å². The lowest BCUT2D eigenvalue weighted by Crippen LogP contribution is -2.38. The van der Waals surface area contributed by atoms with Gasteiger partial charge in [0.25, 0.3) is 0 Å². The van der Waals surface area contributed by atoms with Gasteiger partial charge in [0, 0.05) is 32.7 Å². The molecule has 1 rings (SSSR count). The number of nitrogens with one attached hydrogen (secondary N) is 2. The van der Waals surface area contributed by atoms with E-state index in [1.807, 2.05) is 0 Å². The van der Waals surface area contributed by atoms with Crippen LogP contribution in [-0.4, -0.2) is 61.3 Å². The van der Waals surface area contributed by atoms with Gasteiger partial charge in [-0.05, 0) is 39.2 Å². The Bertz CT molecular complexity index is 275. The molecular weight excluding hydrogens is 264 g/mol. The number of piperidine rings is 1. The van der Waals surface area contributed by atoms with Crippen molar-refractivity contribution in [2.45, 2.75) is 58.5 Å². The first kappa shape index (κ1) is 18.2. The summed E-state index contributed by atoms with van der Waals surface area (Å²) in [6.07, 6.45) is 6.58. The van der Waals surface area contributed by atoms with Crippen molar-refractivity contribution in [3.8, 4) is 0 Å². The Morgan fingerprint density at radius 2 is 1.90 bits per heavy atom. The minimum Gasteiger partial charge on any atom is -0.393 e. The normalized spacial score (nSPS) is 18.0. The standard InChI is InChI=1S/C16H34N4O/c1-3-5-6-10-18-16(17-4-2)19-11-7-12-20-13-8-15(21)9-14-20/h15,21H,3-14H2,1-2H3,(H2,17,18,19). The van der Waals surface area contributed by atoms with Crippen LogP contribution in [0.25, 0.3) is 0 Å². The van der Waals surface area contributed by atoms with Crippen molar-refractivity contribution in [3.63, 3.8) is 0 Å². The number of hydrogen-bond acceptors (Lipinski definition) is 3. The van der Waals surface area contributed by atoms with Gasteiger partial charge in [0.1, 0.15) is 0 Å².